The smallest absolute Gasteiger partial charge is 0.295 e. The van der Waals surface area contributed by atoms with Crippen LogP contribution in [0.25, 0.3) is 0 Å². The van der Waals surface area contributed by atoms with Crippen LogP contribution in [0.5, 0.6) is 0 Å². The molecule has 0 aromatic rings. The third-order valence-corrected chi connectivity index (χ3v) is 4.23. The molecular formula is C16H24O5. The second-order valence-corrected chi connectivity index (χ2v) is 5.99. The monoisotopic (exact) mass is 296 g/mol. The van der Waals surface area contributed by atoms with Crippen molar-refractivity contribution in [3.8, 4) is 0 Å². The number of hydrogen-bond donors (Lipinski definition) is 2. The van der Waals surface area contributed by atoms with Crippen LogP contribution in [0, 0.1) is 0 Å². The molecule has 0 aromatic carbocycles. The maximum Gasteiger partial charge on any atom is 0.295 e. The maximum absolute atomic E-state index is 11.8. The van der Waals surface area contributed by atoms with E-state index in [1.165, 1.54) is 19.8 Å². The zero-order valence-electron chi connectivity index (χ0n) is 12.7. The Kier molecular flexibility index (Phi) is 4.74. The van der Waals surface area contributed by atoms with Gasteiger partial charge in [-0.3, -0.25) is 4.79 Å². The van der Waals surface area contributed by atoms with E-state index in [1.54, 1.807) is 0 Å². The fourth-order valence-electron chi connectivity index (χ4n) is 2.78. The number of unbranched alkanes of at least 4 members (excludes halogenated alkanes) is 4. The van der Waals surface area contributed by atoms with Crippen molar-refractivity contribution in [1.82, 2.24) is 0 Å². The number of Topliss-reactive ketones (excluding diaryl/α,β-unsaturated/α-hetero) is 1. The zero-order chi connectivity index (χ0) is 15.6. The molecule has 2 aliphatic rings. The fraction of sp³-hybridized carbons (Fsp3) is 0.688. The van der Waals surface area contributed by atoms with Crippen LogP contribution >= 0.6 is 0 Å². The molecule has 0 saturated heterocycles. The highest BCUT2D eigenvalue weighted by molar-refractivity contribution is 6.09. The summed E-state index contributed by atoms with van der Waals surface area (Å²) in [5.41, 5.74) is -1.53. The molecule has 118 valence electrons. The van der Waals surface area contributed by atoms with Crippen LogP contribution < -0.4 is 0 Å². The van der Waals surface area contributed by atoms with Gasteiger partial charge in [-0.25, -0.2) is 0 Å². The van der Waals surface area contributed by atoms with Crippen molar-refractivity contribution in [2.75, 3.05) is 0 Å². The van der Waals surface area contributed by atoms with E-state index in [4.69, 9.17) is 9.47 Å². The summed E-state index contributed by atoms with van der Waals surface area (Å²) in [5.74, 6) is -0.569. The van der Waals surface area contributed by atoms with Crippen molar-refractivity contribution in [3.63, 3.8) is 0 Å². The molecular weight excluding hydrogens is 272 g/mol. The summed E-state index contributed by atoms with van der Waals surface area (Å²) in [6, 6.07) is 0. The van der Waals surface area contributed by atoms with Gasteiger partial charge in [0.25, 0.3) is 5.95 Å². The molecule has 3 atom stereocenters. The van der Waals surface area contributed by atoms with E-state index >= 15 is 0 Å². The first-order chi connectivity index (χ1) is 9.89. The minimum absolute atomic E-state index is 0.00239. The van der Waals surface area contributed by atoms with Crippen LogP contribution in [-0.4, -0.2) is 33.8 Å². The van der Waals surface area contributed by atoms with E-state index in [9.17, 15) is 15.0 Å². The van der Waals surface area contributed by atoms with E-state index in [0.29, 0.717) is 6.42 Å². The molecule has 5 nitrogen and oxygen atoms in total. The quantitative estimate of drug-likeness (QED) is 0.580. The first kappa shape index (κ1) is 16.0. The average molecular weight is 296 g/mol. The van der Waals surface area contributed by atoms with Gasteiger partial charge in [-0.05, 0) is 19.8 Å². The van der Waals surface area contributed by atoms with Gasteiger partial charge in [0.1, 0.15) is 23.4 Å². The number of hydrogen-bond acceptors (Lipinski definition) is 5. The Morgan fingerprint density at radius 3 is 2.62 bits per heavy atom. The lowest BCUT2D eigenvalue weighted by molar-refractivity contribution is -0.166. The summed E-state index contributed by atoms with van der Waals surface area (Å²) in [4.78, 5) is 11.8. The van der Waals surface area contributed by atoms with Crippen LogP contribution in [0.15, 0.2) is 23.9 Å². The van der Waals surface area contributed by atoms with Crippen molar-refractivity contribution in [3.05, 3.63) is 23.9 Å². The second kappa shape index (κ2) is 6.20. The summed E-state index contributed by atoms with van der Waals surface area (Å²) in [6.45, 7) is 7.12. The molecule has 2 N–H and O–H groups in total. The Morgan fingerprint density at radius 2 is 1.95 bits per heavy atom. The molecule has 0 aliphatic carbocycles. The number of rotatable bonds is 6. The summed E-state index contributed by atoms with van der Waals surface area (Å²) >= 11 is 0. The Balaban J connectivity index is 2.03. The topological polar surface area (TPSA) is 76.0 Å². The average Bonchev–Trinajstić information content (AvgIpc) is 2.70. The van der Waals surface area contributed by atoms with E-state index in [-0.39, 0.29) is 17.3 Å². The third kappa shape index (κ3) is 2.99. The van der Waals surface area contributed by atoms with Gasteiger partial charge in [0.2, 0.25) is 5.78 Å². The fourth-order valence-corrected chi connectivity index (χ4v) is 2.78. The SMILES string of the molecule is C=C1OC2=C(C1=O)[C@@H](O)[C@](C)(O)[C@@H](CCCCCCC)O2. The van der Waals surface area contributed by atoms with Gasteiger partial charge in [-0.1, -0.05) is 39.2 Å². The van der Waals surface area contributed by atoms with E-state index in [2.05, 4.69) is 13.5 Å². The normalized spacial score (nSPS) is 32.0. The molecule has 0 aromatic heterocycles. The number of ether oxygens (including phenoxy) is 2. The van der Waals surface area contributed by atoms with Gasteiger partial charge in [0.05, 0.1) is 0 Å². The maximum atomic E-state index is 11.8. The zero-order valence-corrected chi connectivity index (χ0v) is 12.7. The second-order valence-electron chi connectivity index (χ2n) is 5.99. The highest BCUT2D eigenvalue weighted by Crippen LogP contribution is 2.40. The standard InChI is InChI=1S/C16H24O5/c1-4-5-6-7-8-9-11-16(3,19)14(18)12-13(17)10(2)20-15(12)21-11/h11,14,18-19H,2,4-9H2,1,3H3/t11-,14-,16-/m1/s1. The third-order valence-electron chi connectivity index (χ3n) is 4.23. The van der Waals surface area contributed by atoms with Crippen molar-refractivity contribution in [2.45, 2.75) is 70.2 Å². The lowest BCUT2D eigenvalue weighted by Gasteiger charge is -2.40. The Bertz CT molecular complexity index is 463. The Labute approximate surface area is 125 Å². The lowest BCUT2D eigenvalue weighted by Crippen LogP contribution is -2.55. The molecule has 0 fully saturated rings. The van der Waals surface area contributed by atoms with E-state index in [0.717, 1.165) is 19.3 Å². The number of carbonyl (C=O) groups excluding carboxylic acids is 1. The minimum atomic E-state index is -1.51. The Hall–Kier alpha value is -1.33. The first-order valence-electron chi connectivity index (χ1n) is 7.62. The van der Waals surface area contributed by atoms with Crippen LogP contribution in [-0.2, 0) is 14.3 Å². The molecule has 2 aliphatic heterocycles. The molecule has 0 bridgehead atoms. The summed E-state index contributed by atoms with van der Waals surface area (Å²) in [5, 5.41) is 20.8. The molecule has 0 radical (unpaired) electrons. The summed E-state index contributed by atoms with van der Waals surface area (Å²) in [6.07, 6.45) is 4.16. The van der Waals surface area contributed by atoms with Gasteiger partial charge in [-0.15, -0.1) is 0 Å². The van der Waals surface area contributed by atoms with Crippen molar-refractivity contribution < 1.29 is 24.5 Å². The molecule has 2 heterocycles. The van der Waals surface area contributed by atoms with Gasteiger partial charge in [0.15, 0.2) is 5.76 Å². The molecule has 2 rings (SSSR count). The summed E-state index contributed by atoms with van der Waals surface area (Å²) < 4.78 is 10.8. The molecule has 0 unspecified atom stereocenters. The van der Waals surface area contributed by atoms with Crippen LogP contribution in [0.1, 0.15) is 52.4 Å². The first-order valence-corrected chi connectivity index (χ1v) is 7.62. The van der Waals surface area contributed by atoms with Crippen molar-refractivity contribution in [1.29, 1.82) is 0 Å². The van der Waals surface area contributed by atoms with Gasteiger partial charge in [-0.2, -0.15) is 0 Å². The van der Waals surface area contributed by atoms with Crippen molar-refractivity contribution in [2.24, 2.45) is 0 Å². The van der Waals surface area contributed by atoms with Gasteiger partial charge < -0.3 is 19.7 Å². The Morgan fingerprint density at radius 1 is 1.29 bits per heavy atom. The number of aliphatic hydroxyl groups excluding tert-OH is 1. The molecule has 5 heteroatoms. The van der Waals surface area contributed by atoms with Gasteiger partial charge >= 0.3 is 0 Å². The lowest BCUT2D eigenvalue weighted by atomic mass is 9.82. The minimum Gasteiger partial charge on any atom is -0.458 e. The van der Waals surface area contributed by atoms with E-state index in [1.807, 2.05) is 0 Å². The number of ketones is 1. The van der Waals surface area contributed by atoms with Crippen LogP contribution in [0.3, 0.4) is 0 Å². The molecule has 21 heavy (non-hydrogen) atoms. The number of allylic oxidation sites excluding steroid dienone is 1. The van der Waals surface area contributed by atoms with Crippen LogP contribution in [0.2, 0.25) is 0 Å². The predicted octanol–water partition coefficient (Wildman–Crippen LogP) is 2.18. The number of aliphatic hydroxyl groups is 2. The molecule has 0 spiro atoms. The highest BCUT2D eigenvalue weighted by atomic mass is 16.7. The largest absolute Gasteiger partial charge is 0.458 e. The molecule has 0 saturated carbocycles. The van der Waals surface area contributed by atoms with E-state index < -0.39 is 23.6 Å². The number of carbonyl (C=O) groups is 1. The predicted molar refractivity (Wildman–Crippen MR) is 77.1 cm³/mol. The van der Waals surface area contributed by atoms with Gasteiger partial charge in [0, 0.05) is 0 Å². The molecule has 0 amide bonds. The summed E-state index contributed by atoms with van der Waals surface area (Å²) in [7, 11) is 0. The highest BCUT2D eigenvalue weighted by Gasteiger charge is 2.53. The van der Waals surface area contributed by atoms with Crippen LogP contribution in [0.4, 0.5) is 0 Å². The van der Waals surface area contributed by atoms with Crippen molar-refractivity contribution >= 4 is 5.78 Å².